The fraction of sp³-hybridized carbons (Fsp3) is 0.818. The lowest BCUT2D eigenvalue weighted by Gasteiger charge is -2.33. The molecule has 76 valence electrons. The first-order valence-electron chi connectivity index (χ1n) is 4.81. The van der Waals surface area contributed by atoms with Crippen LogP contribution in [0.4, 0.5) is 0 Å². The summed E-state index contributed by atoms with van der Waals surface area (Å²) in [5.74, 6) is 2.73. The monoisotopic (exact) mass is 182 g/mol. The maximum Gasteiger partial charge on any atom is 0.0684 e. The third kappa shape index (κ3) is 4.31. The Morgan fingerprint density at radius 1 is 1.46 bits per heavy atom. The maximum atomic E-state index is 5.36. The summed E-state index contributed by atoms with van der Waals surface area (Å²) in [7, 11) is 4.16. The van der Waals surface area contributed by atoms with Crippen molar-refractivity contribution < 1.29 is 0 Å². The molecule has 0 aromatic carbocycles. The average molecular weight is 182 g/mol. The molecule has 0 aliphatic heterocycles. The third-order valence-corrected chi connectivity index (χ3v) is 2.60. The summed E-state index contributed by atoms with van der Waals surface area (Å²) >= 11 is 0. The summed E-state index contributed by atoms with van der Waals surface area (Å²) in [6.45, 7) is 7.41. The molecular weight excluding hydrogens is 160 g/mol. The molecule has 0 saturated carbocycles. The lowest BCUT2D eigenvalue weighted by Crippen LogP contribution is -2.48. The molecule has 0 bridgehead atoms. The van der Waals surface area contributed by atoms with Gasteiger partial charge in [0.15, 0.2) is 0 Å². The van der Waals surface area contributed by atoms with Gasteiger partial charge in [0.25, 0.3) is 0 Å². The van der Waals surface area contributed by atoms with Crippen LogP contribution in [0.3, 0.4) is 0 Å². The molecule has 0 aliphatic carbocycles. The zero-order valence-electron chi connectivity index (χ0n) is 9.52. The van der Waals surface area contributed by atoms with Gasteiger partial charge in [-0.1, -0.05) is 12.8 Å². The Morgan fingerprint density at radius 3 is 2.31 bits per heavy atom. The molecule has 2 nitrogen and oxygen atoms in total. The van der Waals surface area contributed by atoms with Crippen molar-refractivity contribution in [3.8, 4) is 12.3 Å². The van der Waals surface area contributed by atoms with E-state index < -0.39 is 0 Å². The molecule has 0 saturated heterocycles. The van der Waals surface area contributed by atoms with Crippen molar-refractivity contribution in [3.63, 3.8) is 0 Å². The zero-order valence-corrected chi connectivity index (χ0v) is 9.52. The topological polar surface area (TPSA) is 15.3 Å². The molecule has 1 unspecified atom stereocenters. The highest BCUT2D eigenvalue weighted by Crippen LogP contribution is 2.08. The summed E-state index contributed by atoms with van der Waals surface area (Å²) < 4.78 is 0. The van der Waals surface area contributed by atoms with Crippen LogP contribution < -0.4 is 5.32 Å². The highest BCUT2D eigenvalue weighted by molar-refractivity contribution is 4.99. The maximum absolute atomic E-state index is 5.36. The minimum atomic E-state index is 0.157. The van der Waals surface area contributed by atoms with E-state index in [1.807, 2.05) is 0 Å². The quantitative estimate of drug-likeness (QED) is 0.645. The smallest absolute Gasteiger partial charge is 0.0684 e. The summed E-state index contributed by atoms with van der Waals surface area (Å²) in [5, 5.41) is 3.36. The molecule has 0 rings (SSSR count). The van der Waals surface area contributed by atoms with E-state index in [-0.39, 0.29) is 11.6 Å². The Hall–Kier alpha value is -0.520. The first-order chi connectivity index (χ1) is 5.94. The van der Waals surface area contributed by atoms with Crippen LogP contribution in [0.1, 0.15) is 27.2 Å². The van der Waals surface area contributed by atoms with Crippen LogP contribution in [-0.4, -0.2) is 37.1 Å². The van der Waals surface area contributed by atoms with Crippen LogP contribution in [0.2, 0.25) is 0 Å². The number of nitrogens with one attached hydrogen (secondary N) is 1. The molecule has 1 N–H and O–H groups in total. The standard InChI is InChI=1S/C11H22N2/c1-7-10(8-2)12-9-11(3,4)13(5)6/h1,10,12H,8-9H2,2-6H3. The molecule has 0 aromatic heterocycles. The van der Waals surface area contributed by atoms with Gasteiger partial charge in [0.2, 0.25) is 0 Å². The van der Waals surface area contributed by atoms with Crippen molar-refractivity contribution in [3.05, 3.63) is 0 Å². The van der Waals surface area contributed by atoms with Crippen LogP contribution in [0, 0.1) is 12.3 Å². The molecule has 0 amide bonds. The zero-order chi connectivity index (χ0) is 10.5. The molecular formula is C11H22N2. The number of likely N-dealkylation sites (N-methyl/N-ethyl adjacent to an activating group) is 1. The predicted molar refractivity (Wildman–Crippen MR) is 58.7 cm³/mol. The van der Waals surface area contributed by atoms with E-state index in [4.69, 9.17) is 6.42 Å². The molecule has 1 atom stereocenters. The lowest BCUT2D eigenvalue weighted by molar-refractivity contribution is 0.187. The second kappa shape index (κ2) is 5.26. The van der Waals surface area contributed by atoms with E-state index >= 15 is 0 Å². The van der Waals surface area contributed by atoms with Crippen molar-refractivity contribution in [1.82, 2.24) is 10.2 Å². The van der Waals surface area contributed by atoms with Crippen LogP contribution in [0.25, 0.3) is 0 Å². The van der Waals surface area contributed by atoms with Gasteiger partial charge in [-0.05, 0) is 34.4 Å². The second-order valence-electron chi connectivity index (χ2n) is 4.22. The van der Waals surface area contributed by atoms with Crippen molar-refractivity contribution in [1.29, 1.82) is 0 Å². The number of hydrogen-bond donors (Lipinski definition) is 1. The van der Waals surface area contributed by atoms with Gasteiger partial charge in [0.1, 0.15) is 0 Å². The predicted octanol–water partition coefficient (Wildman–Crippen LogP) is 1.33. The van der Waals surface area contributed by atoms with E-state index in [1.54, 1.807) is 0 Å². The number of hydrogen-bond acceptors (Lipinski definition) is 2. The van der Waals surface area contributed by atoms with E-state index in [9.17, 15) is 0 Å². The van der Waals surface area contributed by atoms with Crippen LogP contribution in [0.15, 0.2) is 0 Å². The lowest BCUT2D eigenvalue weighted by atomic mass is 10.0. The minimum Gasteiger partial charge on any atom is -0.303 e. The van der Waals surface area contributed by atoms with Crippen LogP contribution in [-0.2, 0) is 0 Å². The van der Waals surface area contributed by atoms with Gasteiger partial charge < -0.3 is 10.2 Å². The Balaban J connectivity index is 3.94. The first-order valence-corrected chi connectivity index (χ1v) is 4.81. The molecule has 2 heteroatoms. The van der Waals surface area contributed by atoms with Gasteiger partial charge in [-0.3, -0.25) is 0 Å². The largest absolute Gasteiger partial charge is 0.303 e. The third-order valence-electron chi connectivity index (χ3n) is 2.60. The molecule has 0 radical (unpaired) electrons. The molecule has 0 aliphatic rings. The minimum absolute atomic E-state index is 0.157. The number of terminal acetylenes is 1. The van der Waals surface area contributed by atoms with Gasteiger partial charge in [0, 0.05) is 12.1 Å². The molecule has 0 heterocycles. The van der Waals surface area contributed by atoms with Gasteiger partial charge in [-0.15, -0.1) is 6.42 Å². The average Bonchev–Trinajstić information content (AvgIpc) is 2.06. The summed E-state index contributed by atoms with van der Waals surface area (Å²) in [6.07, 6.45) is 6.35. The normalized spacial score (nSPS) is 14.2. The van der Waals surface area contributed by atoms with Gasteiger partial charge in [-0.2, -0.15) is 0 Å². The van der Waals surface area contributed by atoms with Gasteiger partial charge in [-0.25, -0.2) is 0 Å². The molecule has 0 aromatic rings. The van der Waals surface area contributed by atoms with E-state index in [1.165, 1.54) is 0 Å². The Bertz CT molecular complexity index is 177. The van der Waals surface area contributed by atoms with Crippen molar-refractivity contribution in [2.24, 2.45) is 0 Å². The number of nitrogens with zero attached hydrogens (tertiary/aromatic N) is 1. The summed E-state index contributed by atoms with van der Waals surface area (Å²) in [4.78, 5) is 2.20. The Labute approximate surface area is 82.7 Å². The van der Waals surface area contributed by atoms with Crippen LogP contribution in [0.5, 0.6) is 0 Å². The van der Waals surface area contributed by atoms with Crippen molar-refractivity contribution in [2.45, 2.75) is 38.8 Å². The van der Waals surface area contributed by atoms with Gasteiger partial charge >= 0.3 is 0 Å². The fourth-order valence-corrected chi connectivity index (χ4v) is 0.852. The first kappa shape index (κ1) is 12.5. The Kier molecular flexibility index (Phi) is 5.05. The second-order valence-corrected chi connectivity index (χ2v) is 4.22. The van der Waals surface area contributed by atoms with E-state index in [0.717, 1.165) is 13.0 Å². The van der Waals surface area contributed by atoms with E-state index in [0.29, 0.717) is 0 Å². The highest BCUT2D eigenvalue weighted by Gasteiger charge is 2.20. The summed E-state index contributed by atoms with van der Waals surface area (Å²) in [5.41, 5.74) is 0.157. The molecule has 0 fully saturated rings. The molecule has 13 heavy (non-hydrogen) atoms. The molecule has 0 spiro atoms. The summed E-state index contributed by atoms with van der Waals surface area (Å²) in [6, 6.07) is 0.208. The SMILES string of the molecule is C#CC(CC)NCC(C)(C)N(C)C. The fourth-order valence-electron chi connectivity index (χ4n) is 0.852. The highest BCUT2D eigenvalue weighted by atomic mass is 15.2. The Morgan fingerprint density at radius 2 is 2.00 bits per heavy atom. The van der Waals surface area contributed by atoms with Crippen molar-refractivity contribution in [2.75, 3.05) is 20.6 Å². The number of rotatable bonds is 5. The van der Waals surface area contributed by atoms with E-state index in [2.05, 4.69) is 51.0 Å². The van der Waals surface area contributed by atoms with Gasteiger partial charge in [0.05, 0.1) is 6.04 Å². The van der Waals surface area contributed by atoms with Crippen molar-refractivity contribution >= 4 is 0 Å². The van der Waals surface area contributed by atoms with Crippen LogP contribution >= 0.6 is 0 Å².